The van der Waals surface area contributed by atoms with Crippen LogP contribution in [0.3, 0.4) is 0 Å². The normalized spacial score (nSPS) is 22.3. The third-order valence-corrected chi connectivity index (χ3v) is 7.23. The molecule has 3 amide bonds. The highest BCUT2D eigenvalue weighted by atomic mass is 35.5. The number of likely N-dealkylation sites (tertiary alicyclic amines) is 1. The van der Waals surface area contributed by atoms with E-state index in [1.54, 1.807) is 19.2 Å². The molecule has 2 atom stereocenters. The molecule has 2 saturated heterocycles. The maximum Gasteiger partial charge on any atom is 0.332 e. The summed E-state index contributed by atoms with van der Waals surface area (Å²) in [5.41, 5.74) is 0.478. The minimum absolute atomic E-state index is 0.0820. The molecule has 35 heavy (non-hydrogen) atoms. The van der Waals surface area contributed by atoms with Gasteiger partial charge in [0.1, 0.15) is 5.54 Å². The van der Waals surface area contributed by atoms with E-state index in [2.05, 4.69) is 11.0 Å². The lowest BCUT2D eigenvalue weighted by atomic mass is 9.80. The lowest BCUT2D eigenvalue weighted by Crippen LogP contribution is -2.53. The molecule has 182 valence electrons. The number of carboxylic acid groups (broad SMARTS) is 1. The zero-order valence-corrected chi connectivity index (χ0v) is 20.6. The van der Waals surface area contributed by atoms with Crippen molar-refractivity contribution in [3.63, 3.8) is 0 Å². The fraction of sp³-hybridized carbons (Fsp3) is 0.360. The van der Waals surface area contributed by atoms with E-state index < -0.39 is 17.5 Å². The molecule has 2 aromatic rings. The first-order chi connectivity index (χ1) is 16.7. The van der Waals surface area contributed by atoms with Gasteiger partial charge in [-0.2, -0.15) is 5.26 Å². The smallest absolute Gasteiger partial charge is 0.332 e. The number of anilines is 1. The lowest BCUT2D eigenvalue weighted by molar-refractivity contribution is -0.137. The van der Waals surface area contributed by atoms with Gasteiger partial charge in [0.2, 0.25) is 0 Å². The van der Waals surface area contributed by atoms with Crippen molar-refractivity contribution in [2.75, 3.05) is 31.6 Å². The standard InChI is InChI=1S/C25H24Cl2N4O4/c1-29-24(35)31(20-11-18(26)10-19(27)12-20)23(34)25(29)15-30(9-3-2-4-22(32)33)14-21(25)17-7-5-16(13-28)6-8-17/h5-8,10-12,21H,2-4,9,14-15H2,1H3,(H,32,33)/t21-,25+/m0/s1. The first-order valence-electron chi connectivity index (χ1n) is 11.2. The quantitative estimate of drug-likeness (QED) is 0.434. The van der Waals surface area contributed by atoms with Gasteiger partial charge in [-0.1, -0.05) is 35.3 Å². The zero-order valence-electron chi connectivity index (χ0n) is 19.1. The number of benzene rings is 2. The van der Waals surface area contributed by atoms with Crippen molar-refractivity contribution in [3.05, 3.63) is 63.6 Å². The van der Waals surface area contributed by atoms with E-state index in [1.807, 2.05) is 12.1 Å². The van der Waals surface area contributed by atoms with E-state index in [9.17, 15) is 19.6 Å². The molecular weight excluding hydrogens is 491 g/mol. The number of imide groups is 1. The second kappa shape index (κ2) is 9.86. The van der Waals surface area contributed by atoms with Crippen molar-refractivity contribution in [1.29, 1.82) is 5.26 Å². The van der Waals surface area contributed by atoms with Crippen LogP contribution in [0.25, 0.3) is 0 Å². The maximum atomic E-state index is 14.1. The van der Waals surface area contributed by atoms with Gasteiger partial charge >= 0.3 is 12.0 Å². The summed E-state index contributed by atoms with van der Waals surface area (Å²) in [6, 6.07) is 13.3. The molecule has 8 nitrogen and oxygen atoms in total. The molecular formula is C25H24Cl2N4O4. The van der Waals surface area contributed by atoms with Crippen molar-refractivity contribution in [1.82, 2.24) is 9.80 Å². The van der Waals surface area contributed by atoms with Crippen LogP contribution in [-0.4, -0.2) is 65.0 Å². The molecule has 2 aliphatic rings. The average molecular weight is 515 g/mol. The summed E-state index contributed by atoms with van der Waals surface area (Å²) in [5.74, 6) is -1.56. The number of unbranched alkanes of at least 4 members (excludes halogenated alkanes) is 1. The van der Waals surface area contributed by atoms with Crippen LogP contribution in [0.15, 0.2) is 42.5 Å². The van der Waals surface area contributed by atoms with E-state index in [4.69, 9.17) is 28.3 Å². The highest BCUT2D eigenvalue weighted by molar-refractivity contribution is 6.35. The first kappa shape index (κ1) is 25.0. The van der Waals surface area contributed by atoms with Gasteiger partial charge in [0.25, 0.3) is 5.91 Å². The van der Waals surface area contributed by atoms with Gasteiger partial charge in [0.05, 0.1) is 17.3 Å². The van der Waals surface area contributed by atoms with Crippen LogP contribution in [0.4, 0.5) is 10.5 Å². The fourth-order valence-corrected chi connectivity index (χ4v) is 5.59. The van der Waals surface area contributed by atoms with Crippen LogP contribution in [0, 0.1) is 11.3 Å². The number of aliphatic carboxylic acids is 1. The molecule has 2 fully saturated rings. The molecule has 0 unspecified atom stereocenters. The molecule has 1 spiro atoms. The number of likely N-dealkylation sites (N-methyl/N-ethyl adjacent to an activating group) is 1. The second-order valence-electron chi connectivity index (χ2n) is 8.91. The van der Waals surface area contributed by atoms with Crippen molar-refractivity contribution >= 4 is 46.8 Å². The summed E-state index contributed by atoms with van der Waals surface area (Å²) in [7, 11) is 1.62. The number of halogens is 2. The predicted octanol–water partition coefficient (Wildman–Crippen LogP) is 4.36. The molecule has 0 bridgehead atoms. The van der Waals surface area contributed by atoms with Gasteiger partial charge in [-0.25, -0.2) is 9.69 Å². The number of amides is 3. The Labute approximate surface area is 213 Å². The SMILES string of the molecule is CN1C(=O)N(c2cc(Cl)cc(Cl)c2)C(=O)[C@]12CN(CCCCC(=O)O)C[C@H]2c1ccc(C#N)cc1. The number of rotatable bonds is 7. The van der Waals surface area contributed by atoms with Crippen LogP contribution in [0.5, 0.6) is 0 Å². The van der Waals surface area contributed by atoms with Crippen LogP contribution < -0.4 is 4.90 Å². The number of nitrogens with zero attached hydrogens (tertiary/aromatic N) is 4. The summed E-state index contributed by atoms with van der Waals surface area (Å²) >= 11 is 12.3. The number of carbonyl (C=O) groups excluding carboxylic acids is 2. The van der Waals surface area contributed by atoms with E-state index in [0.29, 0.717) is 53.8 Å². The fourth-order valence-electron chi connectivity index (χ4n) is 5.08. The number of carbonyl (C=O) groups is 3. The zero-order chi connectivity index (χ0) is 25.3. The van der Waals surface area contributed by atoms with Gasteiger partial charge < -0.3 is 10.0 Å². The second-order valence-corrected chi connectivity index (χ2v) is 9.78. The van der Waals surface area contributed by atoms with E-state index in [-0.39, 0.29) is 18.2 Å². The Hall–Kier alpha value is -3.12. The molecule has 2 aliphatic heterocycles. The molecule has 4 rings (SSSR count). The monoisotopic (exact) mass is 514 g/mol. The highest BCUT2D eigenvalue weighted by Crippen LogP contribution is 2.46. The third kappa shape index (κ3) is 4.59. The van der Waals surface area contributed by atoms with E-state index in [1.165, 1.54) is 23.1 Å². The topological polar surface area (TPSA) is 105 Å². The van der Waals surface area contributed by atoms with Crippen LogP contribution in [-0.2, 0) is 9.59 Å². The van der Waals surface area contributed by atoms with Crippen LogP contribution >= 0.6 is 23.2 Å². The number of urea groups is 1. The molecule has 1 N–H and O–H groups in total. The predicted molar refractivity (Wildman–Crippen MR) is 132 cm³/mol. The Morgan fingerprint density at radius 1 is 1.14 bits per heavy atom. The van der Waals surface area contributed by atoms with Gasteiger partial charge in [-0.15, -0.1) is 0 Å². The van der Waals surface area contributed by atoms with Crippen molar-refractivity contribution < 1.29 is 19.5 Å². The molecule has 2 aromatic carbocycles. The minimum Gasteiger partial charge on any atom is -0.481 e. The Morgan fingerprint density at radius 2 is 1.80 bits per heavy atom. The Balaban J connectivity index is 1.71. The van der Waals surface area contributed by atoms with Gasteiger partial charge in [-0.05, 0) is 55.3 Å². The first-order valence-corrected chi connectivity index (χ1v) is 12.0. The number of hydrogen-bond acceptors (Lipinski definition) is 5. The Kier molecular flexibility index (Phi) is 7.04. The molecule has 10 heteroatoms. The summed E-state index contributed by atoms with van der Waals surface area (Å²) in [6.07, 6.45) is 1.26. The van der Waals surface area contributed by atoms with Crippen LogP contribution in [0.1, 0.15) is 36.3 Å². The number of carboxylic acids is 1. The number of nitriles is 1. The summed E-state index contributed by atoms with van der Waals surface area (Å²) in [4.78, 5) is 43.1. The van der Waals surface area contributed by atoms with Crippen molar-refractivity contribution in [2.45, 2.75) is 30.7 Å². The summed E-state index contributed by atoms with van der Waals surface area (Å²) in [5, 5.41) is 18.7. The summed E-state index contributed by atoms with van der Waals surface area (Å²) < 4.78 is 0. The van der Waals surface area contributed by atoms with Gasteiger partial charge in [0, 0.05) is 42.5 Å². The largest absolute Gasteiger partial charge is 0.481 e. The Bertz CT molecular complexity index is 1190. The third-order valence-electron chi connectivity index (χ3n) is 6.79. The van der Waals surface area contributed by atoms with Gasteiger partial charge in [0.15, 0.2) is 0 Å². The maximum absolute atomic E-state index is 14.1. The molecule has 0 aliphatic carbocycles. The van der Waals surface area contributed by atoms with Crippen molar-refractivity contribution in [2.24, 2.45) is 0 Å². The van der Waals surface area contributed by atoms with E-state index in [0.717, 1.165) is 10.5 Å². The molecule has 0 saturated carbocycles. The molecule has 2 heterocycles. The van der Waals surface area contributed by atoms with Gasteiger partial charge in [-0.3, -0.25) is 14.5 Å². The Morgan fingerprint density at radius 3 is 2.40 bits per heavy atom. The molecule has 0 radical (unpaired) electrons. The van der Waals surface area contributed by atoms with E-state index >= 15 is 0 Å². The number of hydrogen-bond donors (Lipinski definition) is 1. The lowest BCUT2D eigenvalue weighted by Gasteiger charge is -2.34. The average Bonchev–Trinajstić information content (AvgIpc) is 3.28. The summed E-state index contributed by atoms with van der Waals surface area (Å²) in [6.45, 7) is 1.41. The molecule has 0 aromatic heterocycles. The minimum atomic E-state index is -1.17. The van der Waals surface area contributed by atoms with Crippen molar-refractivity contribution in [3.8, 4) is 6.07 Å². The van der Waals surface area contributed by atoms with Crippen LogP contribution in [0.2, 0.25) is 10.0 Å². The highest BCUT2D eigenvalue weighted by Gasteiger charge is 2.64.